The van der Waals surface area contributed by atoms with Crippen LogP contribution >= 0.6 is 31.9 Å². The van der Waals surface area contributed by atoms with Crippen LogP contribution in [0.5, 0.6) is 11.5 Å². The average Bonchev–Trinajstić information content (AvgIpc) is 2.78. The van der Waals surface area contributed by atoms with Gasteiger partial charge in [0.15, 0.2) is 0 Å². The van der Waals surface area contributed by atoms with Gasteiger partial charge in [-0.05, 0) is 81.7 Å². The topological polar surface area (TPSA) is 95.9 Å². The van der Waals surface area contributed by atoms with Crippen LogP contribution in [0.15, 0.2) is 81.2 Å². The summed E-state index contributed by atoms with van der Waals surface area (Å²) in [5, 5.41) is 11.6. The fraction of sp³-hybridized carbons (Fsp3) is 0.0417. The molecular weight excluding hydrogens is 556 g/mol. The van der Waals surface area contributed by atoms with Crippen LogP contribution in [0.3, 0.4) is 0 Å². The number of halogens is 2. The number of nitrogens with zero attached hydrogens (tertiary/aromatic N) is 1. The van der Waals surface area contributed by atoms with Gasteiger partial charge in [-0.3, -0.25) is 14.9 Å². The predicted molar refractivity (Wildman–Crippen MR) is 130 cm³/mol. The first-order chi connectivity index (χ1) is 15.8. The van der Waals surface area contributed by atoms with Crippen LogP contribution in [-0.4, -0.2) is 23.0 Å². The van der Waals surface area contributed by atoms with Gasteiger partial charge >= 0.3 is 6.03 Å². The lowest BCUT2D eigenvalue weighted by atomic mass is 10.1. The molecule has 166 valence electrons. The maximum Gasteiger partial charge on any atom is 0.335 e. The summed E-state index contributed by atoms with van der Waals surface area (Å²) in [4.78, 5) is 38.4. The molecule has 2 N–H and O–H groups in total. The van der Waals surface area contributed by atoms with Gasteiger partial charge in [0.25, 0.3) is 11.8 Å². The van der Waals surface area contributed by atoms with Crippen molar-refractivity contribution in [3.63, 3.8) is 0 Å². The molecule has 0 spiro atoms. The number of anilines is 1. The van der Waals surface area contributed by atoms with Crippen LogP contribution in [-0.2, 0) is 16.2 Å². The summed E-state index contributed by atoms with van der Waals surface area (Å²) in [7, 11) is 0. The number of hydrogen-bond donors (Lipinski definition) is 2. The van der Waals surface area contributed by atoms with Gasteiger partial charge in [-0.1, -0.05) is 34.1 Å². The third-order valence-corrected chi connectivity index (χ3v) is 5.93. The first kappa shape index (κ1) is 22.8. The highest BCUT2D eigenvalue weighted by atomic mass is 79.9. The summed E-state index contributed by atoms with van der Waals surface area (Å²) in [5.41, 5.74) is 1.60. The standard InChI is InChI=1S/C24H16Br2N2O5/c25-16-4-1-14(2-5-16)13-33-21-10-3-15(12-20(21)26)11-19-22(30)27-24(32)28(23(19)31)17-6-8-18(29)9-7-17/h1-12,29H,13H2,(H,27,30,32)/b19-11+. The molecule has 4 amide bonds. The number of hydrogen-bond acceptors (Lipinski definition) is 5. The van der Waals surface area contributed by atoms with Gasteiger partial charge in [0.1, 0.15) is 23.7 Å². The molecule has 9 heteroatoms. The Labute approximate surface area is 205 Å². The minimum absolute atomic E-state index is 0.0113. The lowest BCUT2D eigenvalue weighted by Crippen LogP contribution is -2.54. The first-order valence-electron chi connectivity index (χ1n) is 9.69. The van der Waals surface area contributed by atoms with E-state index in [0.717, 1.165) is 14.9 Å². The lowest BCUT2D eigenvalue weighted by molar-refractivity contribution is -0.122. The first-order valence-corrected chi connectivity index (χ1v) is 11.3. The number of phenolic OH excluding ortho intramolecular Hbond substituents is 1. The monoisotopic (exact) mass is 570 g/mol. The van der Waals surface area contributed by atoms with Gasteiger partial charge in [-0.25, -0.2) is 9.69 Å². The number of phenols is 1. The second-order valence-corrected chi connectivity index (χ2v) is 8.85. The minimum Gasteiger partial charge on any atom is -0.508 e. The smallest absolute Gasteiger partial charge is 0.335 e. The van der Waals surface area contributed by atoms with Crippen LogP contribution in [0.25, 0.3) is 6.08 Å². The van der Waals surface area contributed by atoms with Gasteiger partial charge in [0, 0.05) is 4.47 Å². The Morgan fingerprint density at radius 2 is 1.64 bits per heavy atom. The van der Waals surface area contributed by atoms with Crippen LogP contribution in [0.2, 0.25) is 0 Å². The molecule has 7 nitrogen and oxygen atoms in total. The minimum atomic E-state index is -0.856. The Hall–Kier alpha value is -3.43. The number of carbonyl (C=O) groups is 3. The number of rotatable bonds is 5. The third-order valence-electron chi connectivity index (χ3n) is 4.78. The molecule has 33 heavy (non-hydrogen) atoms. The zero-order valence-electron chi connectivity index (χ0n) is 16.9. The Bertz CT molecular complexity index is 1270. The summed E-state index contributed by atoms with van der Waals surface area (Å²) in [6.07, 6.45) is 1.40. The highest BCUT2D eigenvalue weighted by Gasteiger charge is 2.36. The van der Waals surface area contributed by atoms with E-state index in [1.165, 1.54) is 30.3 Å². The second kappa shape index (κ2) is 9.60. The predicted octanol–water partition coefficient (Wildman–Crippen LogP) is 5.16. The summed E-state index contributed by atoms with van der Waals surface area (Å²) in [6, 6.07) is 17.6. The van der Waals surface area contributed by atoms with Crippen molar-refractivity contribution in [1.82, 2.24) is 5.32 Å². The van der Waals surface area contributed by atoms with E-state index in [1.807, 2.05) is 24.3 Å². The molecule has 0 radical (unpaired) electrons. The van der Waals surface area contributed by atoms with Gasteiger partial charge in [0.2, 0.25) is 0 Å². The van der Waals surface area contributed by atoms with Crippen LogP contribution in [0.4, 0.5) is 10.5 Å². The molecular formula is C24H16Br2N2O5. The van der Waals surface area contributed by atoms with Crippen molar-refractivity contribution in [3.8, 4) is 11.5 Å². The molecule has 1 heterocycles. The quantitative estimate of drug-likeness (QED) is 0.326. The van der Waals surface area contributed by atoms with Gasteiger partial charge in [-0.2, -0.15) is 0 Å². The van der Waals surface area contributed by atoms with Gasteiger partial charge in [0.05, 0.1) is 10.2 Å². The normalized spacial score (nSPS) is 15.0. The van der Waals surface area contributed by atoms with Crippen LogP contribution in [0, 0.1) is 0 Å². The molecule has 4 rings (SSSR count). The fourth-order valence-electron chi connectivity index (χ4n) is 3.13. The molecule has 1 aliphatic heterocycles. The average molecular weight is 572 g/mol. The number of carbonyl (C=O) groups excluding carboxylic acids is 3. The van der Waals surface area contributed by atoms with Crippen molar-refractivity contribution in [1.29, 1.82) is 0 Å². The summed E-state index contributed by atoms with van der Waals surface area (Å²) in [6.45, 7) is 0.372. The Kier molecular flexibility index (Phi) is 6.62. The molecule has 0 aromatic heterocycles. The van der Waals surface area contributed by atoms with Crippen molar-refractivity contribution in [3.05, 3.63) is 92.4 Å². The summed E-state index contributed by atoms with van der Waals surface area (Å²) in [5.74, 6) is -0.962. The van der Waals surface area contributed by atoms with E-state index < -0.39 is 17.8 Å². The molecule has 0 bridgehead atoms. The molecule has 0 saturated carbocycles. The maximum atomic E-state index is 12.9. The van der Waals surface area contributed by atoms with Gasteiger partial charge in [-0.15, -0.1) is 0 Å². The molecule has 1 fully saturated rings. The highest BCUT2D eigenvalue weighted by molar-refractivity contribution is 9.10. The maximum absolute atomic E-state index is 12.9. The number of amides is 4. The Morgan fingerprint density at radius 3 is 2.30 bits per heavy atom. The summed E-state index contributed by atoms with van der Waals surface area (Å²) >= 11 is 6.85. The van der Waals surface area contributed by atoms with E-state index in [2.05, 4.69) is 37.2 Å². The van der Waals surface area contributed by atoms with E-state index >= 15 is 0 Å². The highest BCUT2D eigenvalue weighted by Crippen LogP contribution is 2.29. The Morgan fingerprint density at radius 1 is 0.939 bits per heavy atom. The number of ether oxygens (including phenoxy) is 1. The van der Waals surface area contributed by atoms with E-state index in [0.29, 0.717) is 22.4 Å². The number of imide groups is 2. The molecule has 3 aromatic carbocycles. The van der Waals surface area contributed by atoms with Crippen molar-refractivity contribution in [2.45, 2.75) is 6.61 Å². The zero-order chi connectivity index (χ0) is 23.5. The number of urea groups is 1. The largest absolute Gasteiger partial charge is 0.508 e. The third kappa shape index (κ3) is 5.15. The molecule has 0 atom stereocenters. The zero-order valence-corrected chi connectivity index (χ0v) is 20.1. The number of aromatic hydroxyl groups is 1. The number of nitrogens with one attached hydrogen (secondary N) is 1. The van der Waals surface area contributed by atoms with E-state index in [9.17, 15) is 19.5 Å². The van der Waals surface area contributed by atoms with E-state index in [1.54, 1.807) is 18.2 Å². The van der Waals surface area contributed by atoms with Crippen molar-refractivity contribution >= 4 is 61.5 Å². The fourth-order valence-corrected chi connectivity index (χ4v) is 3.90. The molecule has 3 aromatic rings. The lowest BCUT2D eigenvalue weighted by Gasteiger charge is -2.26. The number of benzene rings is 3. The number of barbiturate groups is 1. The van der Waals surface area contributed by atoms with Crippen molar-refractivity contribution < 1.29 is 24.2 Å². The molecule has 0 unspecified atom stereocenters. The summed E-state index contributed by atoms with van der Waals surface area (Å²) < 4.78 is 7.47. The van der Waals surface area contributed by atoms with E-state index in [4.69, 9.17) is 4.74 Å². The van der Waals surface area contributed by atoms with Crippen LogP contribution < -0.4 is 15.0 Å². The van der Waals surface area contributed by atoms with Crippen molar-refractivity contribution in [2.75, 3.05) is 4.90 Å². The van der Waals surface area contributed by atoms with Crippen molar-refractivity contribution in [2.24, 2.45) is 0 Å². The SMILES string of the molecule is O=C1NC(=O)N(c2ccc(O)cc2)C(=O)/C1=C/c1ccc(OCc2ccc(Br)cc2)c(Br)c1. The van der Waals surface area contributed by atoms with Crippen LogP contribution in [0.1, 0.15) is 11.1 Å². The molecule has 1 saturated heterocycles. The van der Waals surface area contributed by atoms with E-state index in [-0.39, 0.29) is 17.0 Å². The Balaban J connectivity index is 1.55. The molecule has 0 aliphatic carbocycles. The molecule has 1 aliphatic rings. The second-order valence-electron chi connectivity index (χ2n) is 7.08. The van der Waals surface area contributed by atoms with Gasteiger partial charge < -0.3 is 9.84 Å².